The third-order valence-corrected chi connectivity index (χ3v) is 4.14. The molecule has 2 heterocycles. The van der Waals surface area contributed by atoms with Crippen LogP contribution in [0.1, 0.15) is 13.3 Å². The zero-order valence-corrected chi connectivity index (χ0v) is 13.0. The van der Waals surface area contributed by atoms with E-state index in [1.807, 2.05) is 0 Å². The molecule has 0 radical (unpaired) electrons. The average Bonchev–Trinajstić information content (AvgIpc) is 2.69. The van der Waals surface area contributed by atoms with Crippen LogP contribution in [0.5, 0.6) is 5.88 Å². The van der Waals surface area contributed by atoms with E-state index in [2.05, 4.69) is 20.9 Å². The number of rotatable bonds is 3. The highest BCUT2D eigenvalue weighted by atomic mass is 79.9. The van der Waals surface area contributed by atoms with Crippen molar-refractivity contribution in [1.82, 2.24) is 4.98 Å². The number of ether oxygens (including phenoxy) is 1. The highest BCUT2D eigenvalue weighted by molar-refractivity contribution is 9.10. The minimum atomic E-state index is -0.0128. The maximum atomic E-state index is 12.0. The molecule has 1 fully saturated rings. The van der Waals surface area contributed by atoms with Gasteiger partial charge in [0.05, 0.1) is 7.11 Å². The Bertz CT molecular complexity index is 524. The standard InChI is InChI=1S/C12H13BrN2O3S/c1-7(16)19-8-5-11(17)15(6-8)9-3-4-10(13)14-12(9)18-2/h3-4,8H,5-6H2,1-2H3. The Labute approximate surface area is 123 Å². The van der Waals surface area contributed by atoms with E-state index in [4.69, 9.17) is 4.74 Å². The largest absolute Gasteiger partial charge is 0.479 e. The van der Waals surface area contributed by atoms with Crippen LogP contribution in [0.3, 0.4) is 0 Å². The Morgan fingerprint density at radius 1 is 1.58 bits per heavy atom. The molecule has 0 N–H and O–H groups in total. The third-order valence-electron chi connectivity index (χ3n) is 2.71. The number of methoxy groups -OCH3 is 1. The fourth-order valence-electron chi connectivity index (χ4n) is 1.99. The van der Waals surface area contributed by atoms with Gasteiger partial charge in [-0.2, -0.15) is 0 Å². The van der Waals surface area contributed by atoms with Crippen LogP contribution in [-0.2, 0) is 9.59 Å². The lowest BCUT2D eigenvalue weighted by atomic mass is 10.3. The first-order valence-corrected chi connectivity index (χ1v) is 7.36. The number of carbonyl (C=O) groups excluding carboxylic acids is 2. The molecular weight excluding hydrogens is 332 g/mol. The van der Waals surface area contributed by atoms with Gasteiger partial charge >= 0.3 is 0 Å². The van der Waals surface area contributed by atoms with E-state index in [0.29, 0.717) is 29.1 Å². The van der Waals surface area contributed by atoms with Crippen LogP contribution in [-0.4, -0.2) is 34.9 Å². The number of hydrogen-bond acceptors (Lipinski definition) is 5. The summed E-state index contributed by atoms with van der Waals surface area (Å²) in [6, 6.07) is 3.55. The maximum absolute atomic E-state index is 12.0. The number of thioether (sulfide) groups is 1. The molecule has 102 valence electrons. The molecule has 0 aromatic carbocycles. The van der Waals surface area contributed by atoms with Gasteiger partial charge in [0.1, 0.15) is 10.3 Å². The van der Waals surface area contributed by atoms with Crippen LogP contribution in [0.25, 0.3) is 0 Å². The van der Waals surface area contributed by atoms with E-state index in [1.54, 1.807) is 17.0 Å². The first-order chi connectivity index (χ1) is 9.01. The number of pyridine rings is 1. The van der Waals surface area contributed by atoms with E-state index in [9.17, 15) is 9.59 Å². The smallest absolute Gasteiger partial charge is 0.238 e. The van der Waals surface area contributed by atoms with Crippen LogP contribution in [0, 0.1) is 0 Å². The summed E-state index contributed by atoms with van der Waals surface area (Å²) in [5, 5.41) is 0.0268. The predicted octanol–water partition coefficient (Wildman–Crippen LogP) is 2.24. The Morgan fingerprint density at radius 3 is 2.95 bits per heavy atom. The molecule has 1 aliphatic heterocycles. The van der Waals surface area contributed by atoms with E-state index >= 15 is 0 Å². The van der Waals surface area contributed by atoms with Gasteiger partial charge < -0.3 is 9.64 Å². The molecule has 19 heavy (non-hydrogen) atoms. The summed E-state index contributed by atoms with van der Waals surface area (Å²) in [5.41, 5.74) is 0.641. The summed E-state index contributed by atoms with van der Waals surface area (Å²) in [5.74, 6) is 0.386. The number of nitrogens with zero attached hydrogens (tertiary/aromatic N) is 2. The number of halogens is 1. The molecule has 5 nitrogen and oxygen atoms in total. The van der Waals surface area contributed by atoms with Crippen LogP contribution in [0.15, 0.2) is 16.7 Å². The van der Waals surface area contributed by atoms with Crippen molar-refractivity contribution in [2.24, 2.45) is 0 Å². The van der Waals surface area contributed by atoms with Gasteiger partial charge in [-0.1, -0.05) is 11.8 Å². The van der Waals surface area contributed by atoms with Crippen molar-refractivity contribution in [2.45, 2.75) is 18.6 Å². The molecule has 0 saturated carbocycles. The molecule has 1 aromatic rings. The van der Waals surface area contributed by atoms with Gasteiger partial charge in [-0.05, 0) is 28.1 Å². The highest BCUT2D eigenvalue weighted by Gasteiger charge is 2.33. The normalized spacial score (nSPS) is 18.8. The summed E-state index contributed by atoms with van der Waals surface area (Å²) in [4.78, 5) is 28.9. The minimum absolute atomic E-state index is 0.00153. The number of amides is 1. The van der Waals surface area contributed by atoms with Crippen LogP contribution < -0.4 is 9.64 Å². The Hall–Kier alpha value is -1.08. The van der Waals surface area contributed by atoms with Crippen molar-refractivity contribution < 1.29 is 14.3 Å². The van der Waals surface area contributed by atoms with E-state index in [1.165, 1.54) is 25.8 Å². The molecule has 1 aliphatic rings. The van der Waals surface area contributed by atoms with Gasteiger partial charge in [0.2, 0.25) is 11.8 Å². The van der Waals surface area contributed by atoms with Gasteiger partial charge in [-0.3, -0.25) is 9.59 Å². The summed E-state index contributed by atoms with van der Waals surface area (Å²) in [7, 11) is 1.51. The van der Waals surface area contributed by atoms with E-state index in [0.717, 1.165) is 0 Å². The van der Waals surface area contributed by atoms with Gasteiger partial charge in [0.25, 0.3) is 0 Å². The summed E-state index contributed by atoms with van der Waals surface area (Å²) < 4.78 is 5.84. The predicted molar refractivity (Wildman–Crippen MR) is 77.5 cm³/mol. The SMILES string of the molecule is COc1nc(Br)ccc1N1CC(SC(C)=O)CC1=O. The van der Waals surface area contributed by atoms with Gasteiger partial charge in [0.15, 0.2) is 5.12 Å². The molecule has 7 heteroatoms. The van der Waals surface area contributed by atoms with E-state index < -0.39 is 0 Å². The summed E-state index contributed by atoms with van der Waals surface area (Å²) in [6.07, 6.45) is 0.365. The van der Waals surface area contributed by atoms with Gasteiger partial charge in [0, 0.05) is 25.1 Å². The molecule has 2 rings (SSSR count). The Kier molecular flexibility index (Phi) is 4.46. The molecular formula is C12H13BrN2O3S. The van der Waals surface area contributed by atoms with Gasteiger partial charge in [-0.15, -0.1) is 0 Å². The second-order valence-corrected chi connectivity index (χ2v) is 6.39. The summed E-state index contributed by atoms with van der Waals surface area (Å²) in [6.45, 7) is 2.02. The zero-order chi connectivity index (χ0) is 14.0. The lowest BCUT2D eigenvalue weighted by Gasteiger charge is -2.18. The first-order valence-electron chi connectivity index (χ1n) is 5.69. The molecule has 1 atom stereocenters. The molecule has 1 saturated heterocycles. The lowest BCUT2D eigenvalue weighted by molar-refractivity contribution is -0.117. The summed E-state index contributed by atoms with van der Waals surface area (Å²) >= 11 is 4.47. The number of anilines is 1. The first kappa shape index (κ1) is 14.3. The average molecular weight is 345 g/mol. The van der Waals surface area contributed by atoms with Crippen molar-refractivity contribution in [2.75, 3.05) is 18.6 Å². The zero-order valence-electron chi connectivity index (χ0n) is 10.6. The van der Waals surface area contributed by atoms with Crippen molar-refractivity contribution in [3.05, 3.63) is 16.7 Å². The number of hydrogen-bond donors (Lipinski definition) is 0. The molecule has 0 spiro atoms. The molecule has 1 unspecified atom stereocenters. The monoisotopic (exact) mass is 344 g/mol. The third kappa shape index (κ3) is 3.27. The fraction of sp³-hybridized carbons (Fsp3) is 0.417. The fourth-order valence-corrected chi connectivity index (χ4v) is 3.20. The molecule has 0 bridgehead atoms. The second kappa shape index (κ2) is 5.92. The minimum Gasteiger partial charge on any atom is -0.479 e. The lowest BCUT2D eigenvalue weighted by Crippen LogP contribution is -2.25. The molecule has 1 amide bonds. The Balaban J connectivity index is 2.23. The maximum Gasteiger partial charge on any atom is 0.238 e. The van der Waals surface area contributed by atoms with Crippen LogP contribution in [0.2, 0.25) is 0 Å². The topological polar surface area (TPSA) is 59.5 Å². The molecule has 1 aromatic heterocycles. The second-order valence-electron chi connectivity index (χ2n) is 4.10. The Morgan fingerprint density at radius 2 is 2.32 bits per heavy atom. The van der Waals surface area contributed by atoms with Crippen molar-refractivity contribution >= 4 is 44.4 Å². The van der Waals surface area contributed by atoms with Crippen molar-refractivity contribution in [3.8, 4) is 5.88 Å². The number of aromatic nitrogens is 1. The quantitative estimate of drug-likeness (QED) is 0.787. The van der Waals surface area contributed by atoms with E-state index in [-0.39, 0.29) is 16.3 Å². The highest BCUT2D eigenvalue weighted by Crippen LogP contribution is 2.34. The van der Waals surface area contributed by atoms with Crippen LogP contribution in [0.4, 0.5) is 5.69 Å². The van der Waals surface area contributed by atoms with Crippen molar-refractivity contribution in [3.63, 3.8) is 0 Å². The number of carbonyl (C=O) groups is 2. The van der Waals surface area contributed by atoms with Crippen LogP contribution >= 0.6 is 27.7 Å². The molecule has 0 aliphatic carbocycles. The van der Waals surface area contributed by atoms with Crippen molar-refractivity contribution in [1.29, 1.82) is 0 Å². The van der Waals surface area contributed by atoms with Gasteiger partial charge in [-0.25, -0.2) is 4.98 Å².